The first-order valence-electron chi connectivity index (χ1n) is 7.10. The average molecular weight is 296 g/mol. The minimum absolute atomic E-state index is 0.247. The molecule has 3 aromatic rings. The van der Waals surface area contributed by atoms with E-state index in [1.54, 1.807) is 23.0 Å². The molecule has 0 N–H and O–H groups in total. The number of ether oxygens (including phenoxy) is 1. The molecule has 0 aliphatic heterocycles. The number of hydrogen-bond donors (Lipinski definition) is 0. The van der Waals surface area contributed by atoms with Gasteiger partial charge in [-0.1, -0.05) is 17.7 Å². The number of aryl methyl sites for hydroxylation is 2. The van der Waals surface area contributed by atoms with Gasteiger partial charge in [0.05, 0.1) is 11.9 Å². The Morgan fingerprint density at radius 1 is 1.05 bits per heavy atom. The van der Waals surface area contributed by atoms with Gasteiger partial charge < -0.3 is 4.74 Å². The number of benzene rings is 2. The SMILES string of the molecule is Cc1ccc(OCc2cnn(C)c2-c2ccc(F)cc2)cc1. The first kappa shape index (κ1) is 14.3. The van der Waals surface area contributed by atoms with E-state index in [1.807, 2.05) is 38.2 Å². The van der Waals surface area contributed by atoms with Gasteiger partial charge in [-0.2, -0.15) is 5.10 Å². The first-order chi connectivity index (χ1) is 10.6. The molecule has 1 heterocycles. The Hall–Kier alpha value is -2.62. The Kier molecular flexibility index (Phi) is 3.92. The Morgan fingerprint density at radius 3 is 2.41 bits per heavy atom. The Balaban J connectivity index is 1.83. The quantitative estimate of drug-likeness (QED) is 0.724. The topological polar surface area (TPSA) is 27.1 Å². The molecule has 0 amide bonds. The molecule has 3 nitrogen and oxygen atoms in total. The molecule has 1 aromatic heterocycles. The summed E-state index contributed by atoms with van der Waals surface area (Å²) in [6.07, 6.45) is 1.78. The van der Waals surface area contributed by atoms with Crippen LogP contribution in [0.15, 0.2) is 54.7 Å². The van der Waals surface area contributed by atoms with Crippen LogP contribution < -0.4 is 4.74 Å². The van der Waals surface area contributed by atoms with E-state index in [4.69, 9.17) is 4.74 Å². The Labute approximate surface area is 129 Å². The summed E-state index contributed by atoms with van der Waals surface area (Å²) in [4.78, 5) is 0. The fourth-order valence-corrected chi connectivity index (χ4v) is 2.36. The van der Waals surface area contributed by atoms with Gasteiger partial charge in [0.25, 0.3) is 0 Å². The fourth-order valence-electron chi connectivity index (χ4n) is 2.36. The highest BCUT2D eigenvalue weighted by atomic mass is 19.1. The minimum atomic E-state index is -0.247. The predicted octanol–water partition coefficient (Wildman–Crippen LogP) is 4.11. The largest absolute Gasteiger partial charge is 0.489 e. The van der Waals surface area contributed by atoms with Crippen molar-refractivity contribution in [3.8, 4) is 17.0 Å². The highest BCUT2D eigenvalue weighted by Gasteiger charge is 2.11. The highest BCUT2D eigenvalue weighted by molar-refractivity contribution is 5.63. The molecule has 0 unspecified atom stereocenters. The smallest absolute Gasteiger partial charge is 0.123 e. The molecule has 0 saturated heterocycles. The molecular formula is C18H17FN2O. The zero-order valence-corrected chi connectivity index (χ0v) is 12.6. The van der Waals surface area contributed by atoms with Crippen LogP contribution in [-0.2, 0) is 13.7 Å². The fraction of sp³-hybridized carbons (Fsp3) is 0.167. The number of halogens is 1. The lowest BCUT2D eigenvalue weighted by Crippen LogP contribution is -1.99. The van der Waals surface area contributed by atoms with Gasteiger partial charge in [-0.3, -0.25) is 4.68 Å². The molecule has 0 bridgehead atoms. The summed E-state index contributed by atoms with van der Waals surface area (Å²) in [6.45, 7) is 2.46. The van der Waals surface area contributed by atoms with Gasteiger partial charge in [-0.15, -0.1) is 0 Å². The van der Waals surface area contributed by atoms with E-state index in [0.717, 1.165) is 22.6 Å². The zero-order chi connectivity index (χ0) is 15.5. The monoisotopic (exact) mass is 296 g/mol. The molecule has 0 fully saturated rings. The van der Waals surface area contributed by atoms with Crippen molar-refractivity contribution in [2.75, 3.05) is 0 Å². The highest BCUT2D eigenvalue weighted by Crippen LogP contribution is 2.24. The van der Waals surface area contributed by atoms with Crippen molar-refractivity contribution >= 4 is 0 Å². The summed E-state index contributed by atoms with van der Waals surface area (Å²) in [5, 5.41) is 4.28. The molecule has 0 spiro atoms. The van der Waals surface area contributed by atoms with E-state index < -0.39 is 0 Å². The second-order valence-corrected chi connectivity index (χ2v) is 5.25. The van der Waals surface area contributed by atoms with Gasteiger partial charge in [0, 0.05) is 18.2 Å². The molecule has 4 heteroatoms. The first-order valence-corrected chi connectivity index (χ1v) is 7.10. The van der Waals surface area contributed by atoms with Crippen molar-refractivity contribution < 1.29 is 9.13 Å². The van der Waals surface area contributed by atoms with Crippen LogP contribution in [0.4, 0.5) is 4.39 Å². The summed E-state index contributed by atoms with van der Waals surface area (Å²) < 4.78 is 20.7. The number of hydrogen-bond acceptors (Lipinski definition) is 2. The van der Waals surface area contributed by atoms with Crippen molar-refractivity contribution in [2.24, 2.45) is 7.05 Å². The molecule has 3 rings (SSSR count). The summed E-state index contributed by atoms with van der Waals surface area (Å²) in [7, 11) is 1.87. The molecule has 0 atom stereocenters. The van der Waals surface area contributed by atoms with E-state index in [2.05, 4.69) is 5.10 Å². The van der Waals surface area contributed by atoms with E-state index in [9.17, 15) is 4.39 Å². The second-order valence-electron chi connectivity index (χ2n) is 5.25. The third kappa shape index (κ3) is 3.01. The molecule has 2 aromatic carbocycles. The van der Waals surface area contributed by atoms with Gasteiger partial charge in [-0.25, -0.2) is 4.39 Å². The summed E-state index contributed by atoms with van der Waals surface area (Å²) in [5.41, 5.74) is 4.02. The van der Waals surface area contributed by atoms with Crippen molar-refractivity contribution in [2.45, 2.75) is 13.5 Å². The summed E-state index contributed by atoms with van der Waals surface area (Å²) in [6, 6.07) is 14.3. The zero-order valence-electron chi connectivity index (χ0n) is 12.6. The van der Waals surface area contributed by atoms with Crippen LogP contribution in [0.3, 0.4) is 0 Å². The average Bonchev–Trinajstić information content (AvgIpc) is 2.89. The number of rotatable bonds is 4. The van der Waals surface area contributed by atoms with Crippen molar-refractivity contribution in [3.05, 3.63) is 71.7 Å². The second kappa shape index (κ2) is 6.02. The lowest BCUT2D eigenvalue weighted by Gasteiger charge is -2.09. The van der Waals surface area contributed by atoms with Gasteiger partial charge >= 0.3 is 0 Å². The molecule has 112 valence electrons. The molecule has 0 aliphatic carbocycles. The van der Waals surface area contributed by atoms with Crippen LogP contribution in [0.5, 0.6) is 5.75 Å². The van der Waals surface area contributed by atoms with Crippen LogP contribution in [0.25, 0.3) is 11.3 Å². The standard InChI is InChI=1S/C18H17FN2O/c1-13-3-9-17(10-4-13)22-12-15-11-20-21(2)18(15)14-5-7-16(19)8-6-14/h3-11H,12H2,1-2H3. The maximum absolute atomic E-state index is 13.1. The predicted molar refractivity (Wildman–Crippen MR) is 84.1 cm³/mol. The third-order valence-corrected chi connectivity index (χ3v) is 3.55. The van der Waals surface area contributed by atoms with Crippen molar-refractivity contribution in [1.82, 2.24) is 9.78 Å². The van der Waals surface area contributed by atoms with Gasteiger partial charge in [-0.05, 0) is 43.3 Å². The van der Waals surface area contributed by atoms with E-state index in [1.165, 1.54) is 17.7 Å². The van der Waals surface area contributed by atoms with Crippen molar-refractivity contribution in [1.29, 1.82) is 0 Å². The van der Waals surface area contributed by atoms with E-state index in [-0.39, 0.29) is 5.82 Å². The Bertz CT molecular complexity index is 761. The van der Waals surface area contributed by atoms with Crippen LogP contribution in [0.1, 0.15) is 11.1 Å². The lowest BCUT2D eigenvalue weighted by molar-refractivity contribution is 0.306. The maximum atomic E-state index is 13.1. The summed E-state index contributed by atoms with van der Waals surface area (Å²) >= 11 is 0. The van der Waals surface area contributed by atoms with Crippen LogP contribution in [0, 0.1) is 12.7 Å². The maximum Gasteiger partial charge on any atom is 0.123 e. The molecule has 22 heavy (non-hydrogen) atoms. The van der Waals surface area contributed by atoms with Gasteiger partial charge in [0.2, 0.25) is 0 Å². The molecule has 0 aliphatic rings. The molecule has 0 radical (unpaired) electrons. The van der Waals surface area contributed by atoms with Crippen LogP contribution in [0.2, 0.25) is 0 Å². The van der Waals surface area contributed by atoms with E-state index >= 15 is 0 Å². The summed E-state index contributed by atoms with van der Waals surface area (Å²) in [5.74, 6) is 0.572. The lowest BCUT2D eigenvalue weighted by atomic mass is 10.1. The third-order valence-electron chi connectivity index (χ3n) is 3.55. The van der Waals surface area contributed by atoms with E-state index in [0.29, 0.717) is 6.61 Å². The van der Waals surface area contributed by atoms with Crippen molar-refractivity contribution in [3.63, 3.8) is 0 Å². The van der Waals surface area contributed by atoms with Gasteiger partial charge in [0.1, 0.15) is 18.2 Å². The molecular weight excluding hydrogens is 279 g/mol. The van der Waals surface area contributed by atoms with Crippen LogP contribution >= 0.6 is 0 Å². The normalized spacial score (nSPS) is 10.7. The molecule has 0 saturated carbocycles. The number of nitrogens with zero attached hydrogens (tertiary/aromatic N) is 2. The minimum Gasteiger partial charge on any atom is -0.489 e. The Morgan fingerprint density at radius 2 is 1.73 bits per heavy atom. The van der Waals surface area contributed by atoms with Gasteiger partial charge in [0.15, 0.2) is 0 Å². The van der Waals surface area contributed by atoms with Crippen LogP contribution in [-0.4, -0.2) is 9.78 Å². The number of aromatic nitrogens is 2.